The number of amides is 2. The van der Waals surface area contributed by atoms with Crippen molar-refractivity contribution in [1.29, 1.82) is 0 Å². The molecule has 3 heterocycles. The summed E-state index contributed by atoms with van der Waals surface area (Å²) in [6.07, 6.45) is 1.71. The highest BCUT2D eigenvalue weighted by atomic mass is 16.5. The maximum Gasteiger partial charge on any atom is 0.333 e. The number of piperazine rings is 1. The average molecular weight is 544 g/mol. The average Bonchev–Trinajstić information content (AvgIpc) is 3.53. The lowest BCUT2D eigenvalue weighted by Gasteiger charge is -2.40. The Bertz CT molecular complexity index is 1390. The molecule has 2 saturated heterocycles. The summed E-state index contributed by atoms with van der Waals surface area (Å²) >= 11 is 0. The Balaban J connectivity index is 1.21. The Morgan fingerprint density at radius 1 is 1.12 bits per heavy atom. The van der Waals surface area contributed by atoms with Gasteiger partial charge in [-0.1, -0.05) is 38.1 Å². The Kier molecular flexibility index (Phi) is 7.31. The molecule has 1 aromatic heterocycles. The number of fused-ring (bicyclic) bond motifs is 3. The number of rotatable bonds is 6. The van der Waals surface area contributed by atoms with Gasteiger partial charge in [0.15, 0.2) is 5.78 Å². The molecule has 0 saturated carbocycles. The predicted octanol–water partition coefficient (Wildman–Crippen LogP) is 3.87. The second-order valence-electron chi connectivity index (χ2n) is 11.2. The van der Waals surface area contributed by atoms with E-state index in [4.69, 9.17) is 4.74 Å². The molecule has 1 aliphatic carbocycles. The van der Waals surface area contributed by atoms with E-state index < -0.39 is 0 Å². The standard InChI is InChI=1S/C30H37N7O3/c1-18(2)24-17-31-13-14-37(24)21-9-7-19(8-10-21)27-26-28(34-33-27)22-5-4-6-23(25(22)29(26)38)32-30(39)35-36(3)20-11-15-40-16-12-20/h4-10,18,20,24,31H,11-17H2,1-3H3,(H,33,34)(H2,32,35,39). The number of aromatic amines is 1. The van der Waals surface area contributed by atoms with Crippen LogP contribution < -0.4 is 21.0 Å². The number of hydrogen-bond acceptors (Lipinski definition) is 7. The summed E-state index contributed by atoms with van der Waals surface area (Å²) in [6, 6.07) is 14.1. The van der Waals surface area contributed by atoms with Crippen LogP contribution in [0, 0.1) is 5.92 Å². The van der Waals surface area contributed by atoms with Crippen LogP contribution in [0.5, 0.6) is 0 Å². The molecule has 10 nitrogen and oxygen atoms in total. The van der Waals surface area contributed by atoms with E-state index in [0.717, 1.165) is 43.6 Å². The first kappa shape index (κ1) is 26.5. The number of nitrogens with zero attached hydrogens (tertiary/aromatic N) is 3. The SMILES string of the molecule is CC(C)C1CNCCN1c1ccc(-c2n[nH]c3c2C(=O)c2c(NC(=O)NN(C)C4CCOCC4)cccc2-3)cc1. The van der Waals surface area contributed by atoms with Gasteiger partial charge in [-0.3, -0.25) is 15.3 Å². The van der Waals surface area contributed by atoms with Gasteiger partial charge >= 0.3 is 6.03 Å². The van der Waals surface area contributed by atoms with Crippen LogP contribution in [0.15, 0.2) is 42.5 Å². The number of hydrogen-bond donors (Lipinski definition) is 4. The number of benzene rings is 2. The minimum absolute atomic E-state index is 0.145. The molecule has 6 rings (SSSR count). The van der Waals surface area contributed by atoms with Crippen LogP contribution in [0.25, 0.3) is 22.5 Å². The molecule has 1 atom stereocenters. The fourth-order valence-corrected chi connectivity index (χ4v) is 6.13. The van der Waals surface area contributed by atoms with Gasteiger partial charge in [0.2, 0.25) is 0 Å². The number of carbonyl (C=O) groups is 2. The summed E-state index contributed by atoms with van der Waals surface area (Å²) in [6.45, 7) is 8.78. The highest BCUT2D eigenvalue weighted by Gasteiger charge is 2.35. The molecular formula is C30H37N7O3. The van der Waals surface area contributed by atoms with Gasteiger partial charge in [-0.15, -0.1) is 0 Å². The molecule has 1 unspecified atom stereocenters. The molecule has 4 N–H and O–H groups in total. The molecule has 40 heavy (non-hydrogen) atoms. The molecule has 0 bridgehead atoms. The van der Waals surface area contributed by atoms with Crippen LogP contribution in [0.3, 0.4) is 0 Å². The van der Waals surface area contributed by atoms with Crippen molar-refractivity contribution < 1.29 is 14.3 Å². The number of H-pyrrole nitrogens is 1. The molecule has 2 aliphatic heterocycles. The number of nitrogens with one attached hydrogen (secondary N) is 4. The van der Waals surface area contributed by atoms with Gasteiger partial charge in [0, 0.05) is 68.8 Å². The lowest BCUT2D eigenvalue weighted by atomic mass is 9.99. The lowest BCUT2D eigenvalue weighted by Crippen LogP contribution is -2.53. The first-order valence-corrected chi connectivity index (χ1v) is 14.1. The largest absolute Gasteiger partial charge is 0.381 e. The Morgan fingerprint density at radius 3 is 2.65 bits per heavy atom. The minimum Gasteiger partial charge on any atom is -0.381 e. The second-order valence-corrected chi connectivity index (χ2v) is 11.2. The number of aromatic nitrogens is 2. The summed E-state index contributed by atoms with van der Waals surface area (Å²) in [7, 11) is 1.86. The molecule has 3 aliphatic rings. The van der Waals surface area contributed by atoms with Crippen LogP contribution in [-0.4, -0.2) is 79.0 Å². The molecule has 10 heteroatoms. The zero-order chi connectivity index (χ0) is 27.8. The Morgan fingerprint density at radius 2 is 1.90 bits per heavy atom. The van der Waals surface area contributed by atoms with E-state index in [2.05, 4.69) is 57.1 Å². The maximum absolute atomic E-state index is 13.8. The van der Waals surface area contributed by atoms with Gasteiger partial charge in [0.1, 0.15) is 5.69 Å². The highest BCUT2D eigenvalue weighted by Crippen LogP contribution is 2.43. The molecule has 2 amide bonds. The molecular weight excluding hydrogens is 506 g/mol. The van der Waals surface area contributed by atoms with Crippen LogP contribution >= 0.6 is 0 Å². The number of ether oxygens (including phenoxy) is 1. The Labute approximate surface area is 234 Å². The van der Waals surface area contributed by atoms with Crippen molar-refractivity contribution >= 4 is 23.2 Å². The lowest BCUT2D eigenvalue weighted by molar-refractivity contribution is 0.0312. The molecule has 2 fully saturated rings. The van der Waals surface area contributed by atoms with Gasteiger partial charge in [-0.25, -0.2) is 9.80 Å². The fraction of sp³-hybridized carbons (Fsp3) is 0.433. The van der Waals surface area contributed by atoms with Crippen molar-refractivity contribution in [3.63, 3.8) is 0 Å². The second kappa shape index (κ2) is 11.0. The van der Waals surface area contributed by atoms with E-state index in [1.807, 2.05) is 36.3 Å². The zero-order valence-corrected chi connectivity index (χ0v) is 23.3. The third-order valence-corrected chi connectivity index (χ3v) is 8.34. The number of carbonyl (C=O) groups excluding carboxylic acids is 2. The molecule has 2 aromatic carbocycles. The summed E-state index contributed by atoms with van der Waals surface area (Å²) in [5.41, 5.74) is 8.49. The molecule has 0 radical (unpaired) electrons. The molecule has 210 valence electrons. The van der Waals surface area contributed by atoms with Gasteiger partial charge in [0.25, 0.3) is 0 Å². The summed E-state index contributed by atoms with van der Waals surface area (Å²) in [5.74, 6) is 0.388. The van der Waals surface area contributed by atoms with E-state index in [9.17, 15) is 9.59 Å². The zero-order valence-electron chi connectivity index (χ0n) is 23.3. The highest BCUT2D eigenvalue weighted by molar-refractivity contribution is 6.26. The number of hydrazine groups is 1. The third kappa shape index (κ3) is 4.87. The quantitative estimate of drug-likeness (QED) is 0.273. The van der Waals surface area contributed by atoms with Gasteiger partial charge in [-0.05, 0) is 37.0 Å². The van der Waals surface area contributed by atoms with Crippen LogP contribution in [-0.2, 0) is 4.74 Å². The predicted molar refractivity (Wildman–Crippen MR) is 155 cm³/mol. The number of anilines is 2. The monoisotopic (exact) mass is 543 g/mol. The van der Waals surface area contributed by atoms with Crippen LogP contribution in [0.4, 0.5) is 16.2 Å². The van der Waals surface area contributed by atoms with Gasteiger partial charge < -0.3 is 20.3 Å². The van der Waals surface area contributed by atoms with E-state index in [-0.39, 0.29) is 17.9 Å². The van der Waals surface area contributed by atoms with Crippen molar-refractivity contribution in [2.75, 3.05) is 50.1 Å². The van der Waals surface area contributed by atoms with Crippen molar-refractivity contribution in [2.24, 2.45) is 5.92 Å². The number of urea groups is 1. The topological polar surface area (TPSA) is 115 Å². The van der Waals surface area contributed by atoms with Crippen LogP contribution in [0.1, 0.15) is 42.6 Å². The molecule has 3 aromatic rings. The first-order chi connectivity index (χ1) is 19.4. The third-order valence-electron chi connectivity index (χ3n) is 8.34. The van der Waals surface area contributed by atoms with Crippen molar-refractivity contribution in [1.82, 2.24) is 25.9 Å². The maximum atomic E-state index is 13.8. The summed E-state index contributed by atoms with van der Waals surface area (Å²) < 4.78 is 5.42. The number of ketones is 1. The van der Waals surface area contributed by atoms with Crippen molar-refractivity contribution in [3.8, 4) is 22.5 Å². The van der Waals surface area contributed by atoms with Crippen molar-refractivity contribution in [3.05, 3.63) is 53.6 Å². The van der Waals surface area contributed by atoms with E-state index >= 15 is 0 Å². The first-order valence-electron chi connectivity index (χ1n) is 14.1. The smallest absolute Gasteiger partial charge is 0.333 e. The molecule has 0 spiro atoms. The van der Waals surface area contributed by atoms with Crippen LogP contribution in [0.2, 0.25) is 0 Å². The fourth-order valence-electron chi connectivity index (χ4n) is 6.13. The minimum atomic E-state index is -0.382. The van der Waals surface area contributed by atoms with E-state index in [0.29, 0.717) is 53.4 Å². The van der Waals surface area contributed by atoms with Crippen molar-refractivity contribution in [2.45, 2.75) is 38.8 Å². The normalized spacial score (nSPS) is 19.2. The van der Waals surface area contributed by atoms with E-state index in [1.54, 1.807) is 6.07 Å². The summed E-state index contributed by atoms with van der Waals surface area (Å²) in [4.78, 5) is 29.1. The van der Waals surface area contributed by atoms with Gasteiger partial charge in [0.05, 0.1) is 22.5 Å². The summed E-state index contributed by atoms with van der Waals surface area (Å²) in [5, 5.41) is 15.8. The van der Waals surface area contributed by atoms with Gasteiger partial charge in [-0.2, -0.15) is 5.10 Å². The van der Waals surface area contributed by atoms with E-state index in [1.165, 1.54) is 5.69 Å². The Hall–Kier alpha value is -3.73.